The highest BCUT2D eigenvalue weighted by Crippen LogP contribution is 2.32. The van der Waals surface area contributed by atoms with Gasteiger partial charge >= 0.3 is 0 Å². The Morgan fingerprint density at radius 2 is 2.47 bits per heavy atom. The SMILES string of the molecule is Cc1sc(C2CCCN2)cc1C(=O)Nc1ncns1. The van der Waals surface area contributed by atoms with Gasteiger partial charge in [-0.1, -0.05) is 0 Å². The number of amides is 1. The highest BCUT2D eigenvalue weighted by atomic mass is 32.1. The van der Waals surface area contributed by atoms with Crippen LogP contribution in [0.25, 0.3) is 0 Å². The molecule has 0 spiro atoms. The summed E-state index contributed by atoms with van der Waals surface area (Å²) in [7, 11) is 0. The van der Waals surface area contributed by atoms with Crippen LogP contribution >= 0.6 is 22.9 Å². The van der Waals surface area contributed by atoms with Crippen LogP contribution in [0.4, 0.5) is 5.13 Å². The molecular formula is C12H14N4OS2. The van der Waals surface area contributed by atoms with Crippen molar-refractivity contribution in [1.82, 2.24) is 14.7 Å². The molecule has 0 aromatic carbocycles. The van der Waals surface area contributed by atoms with Crippen molar-refractivity contribution in [2.24, 2.45) is 0 Å². The van der Waals surface area contributed by atoms with Crippen LogP contribution in [0.15, 0.2) is 12.4 Å². The first-order valence-electron chi connectivity index (χ1n) is 6.16. The summed E-state index contributed by atoms with van der Waals surface area (Å²) in [6.45, 7) is 3.05. The van der Waals surface area contributed by atoms with E-state index in [-0.39, 0.29) is 5.91 Å². The second-order valence-electron chi connectivity index (χ2n) is 4.47. The Balaban J connectivity index is 1.78. The minimum Gasteiger partial charge on any atom is -0.309 e. The van der Waals surface area contributed by atoms with Crippen molar-refractivity contribution >= 4 is 33.9 Å². The van der Waals surface area contributed by atoms with Gasteiger partial charge in [-0.05, 0) is 32.4 Å². The van der Waals surface area contributed by atoms with Crippen molar-refractivity contribution in [3.63, 3.8) is 0 Å². The van der Waals surface area contributed by atoms with Crippen molar-refractivity contribution in [1.29, 1.82) is 0 Å². The Morgan fingerprint density at radius 3 is 3.16 bits per heavy atom. The van der Waals surface area contributed by atoms with Gasteiger partial charge in [-0.3, -0.25) is 10.1 Å². The van der Waals surface area contributed by atoms with Crippen LogP contribution in [0.3, 0.4) is 0 Å². The maximum atomic E-state index is 12.2. The fourth-order valence-electron chi connectivity index (χ4n) is 2.22. The smallest absolute Gasteiger partial charge is 0.258 e. The highest BCUT2D eigenvalue weighted by molar-refractivity contribution is 7.12. The number of nitrogens with zero attached hydrogens (tertiary/aromatic N) is 2. The lowest BCUT2D eigenvalue weighted by Gasteiger charge is -2.05. The van der Waals surface area contributed by atoms with Gasteiger partial charge < -0.3 is 5.32 Å². The van der Waals surface area contributed by atoms with Gasteiger partial charge in [-0.2, -0.15) is 4.37 Å². The van der Waals surface area contributed by atoms with Gasteiger partial charge in [0.15, 0.2) is 0 Å². The van der Waals surface area contributed by atoms with E-state index in [1.807, 2.05) is 13.0 Å². The summed E-state index contributed by atoms with van der Waals surface area (Å²) < 4.78 is 3.87. The van der Waals surface area contributed by atoms with E-state index >= 15 is 0 Å². The molecule has 0 aliphatic carbocycles. The third-order valence-corrected chi connectivity index (χ3v) is 4.91. The van der Waals surface area contributed by atoms with E-state index < -0.39 is 0 Å². The van der Waals surface area contributed by atoms with E-state index in [1.54, 1.807) is 11.3 Å². The highest BCUT2D eigenvalue weighted by Gasteiger charge is 2.21. The van der Waals surface area contributed by atoms with Gasteiger partial charge in [0.05, 0.1) is 5.56 Å². The molecular weight excluding hydrogens is 280 g/mol. The third-order valence-electron chi connectivity index (χ3n) is 3.17. The van der Waals surface area contributed by atoms with Crippen LogP contribution in [0, 0.1) is 6.92 Å². The number of aryl methyl sites for hydroxylation is 1. The average Bonchev–Trinajstić information content (AvgIpc) is 3.07. The van der Waals surface area contributed by atoms with Crippen molar-refractivity contribution < 1.29 is 4.79 Å². The monoisotopic (exact) mass is 294 g/mol. The van der Waals surface area contributed by atoms with Crippen LogP contribution in [-0.4, -0.2) is 21.8 Å². The molecule has 0 saturated carbocycles. The van der Waals surface area contributed by atoms with Gasteiger partial charge in [0.25, 0.3) is 5.91 Å². The maximum absolute atomic E-state index is 12.2. The molecule has 1 fully saturated rings. The molecule has 1 aliphatic rings. The van der Waals surface area contributed by atoms with Crippen LogP contribution in [-0.2, 0) is 0 Å². The molecule has 5 nitrogen and oxygen atoms in total. The molecule has 0 bridgehead atoms. The summed E-state index contributed by atoms with van der Waals surface area (Å²) in [5.41, 5.74) is 0.740. The zero-order valence-electron chi connectivity index (χ0n) is 10.5. The van der Waals surface area contributed by atoms with Gasteiger partial charge in [0.2, 0.25) is 5.13 Å². The Hall–Kier alpha value is -1.31. The van der Waals surface area contributed by atoms with Crippen LogP contribution in [0.5, 0.6) is 0 Å². The number of aromatic nitrogens is 2. The lowest BCUT2D eigenvalue weighted by Crippen LogP contribution is -2.13. The van der Waals surface area contributed by atoms with Crippen molar-refractivity contribution in [2.75, 3.05) is 11.9 Å². The Labute approximate surface area is 119 Å². The number of thiophene rings is 1. The van der Waals surface area contributed by atoms with Gasteiger partial charge in [0, 0.05) is 27.3 Å². The summed E-state index contributed by atoms with van der Waals surface area (Å²) in [6, 6.07) is 2.41. The predicted octanol–water partition coefficient (Wildman–Crippen LogP) is 2.58. The largest absolute Gasteiger partial charge is 0.309 e. The standard InChI is InChI=1S/C12H14N4OS2/c1-7-8(11(17)16-12-14-6-15-19-12)5-10(18-7)9-3-2-4-13-9/h5-6,9,13H,2-4H2,1H3,(H,14,15,16,17). The van der Waals surface area contributed by atoms with E-state index in [2.05, 4.69) is 20.0 Å². The Bertz CT molecular complexity index is 573. The molecule has 100 valence electrons. The summed E-state index contributed by atoms with van der Waals surface area (Å²) >= 11 is 2.88. The lowest BCUT2D eigenvalue weighted by molar-refractivity contribution is 0.102. The minimum atomic E-state index is -0.102. The Kier molecular flexibility index (Phi) is 3.58. The molecule has 1 atom stereocenters. The topological polar surface area (TPSA) is 66.9 Å². The van der Waals surface area contributed by atoms with Crippen LogP contribution in [0.2, 0.25) is 0 Å². The summed E-state index contributed by atoms with van der Waals surface area (Å²) in [5.74, 6) is -0.102. The Morgan fingerprint density at radius 1 is 1.58 bits per heavy atom. The first-order valence-corrected chi connectivity index (χ1v) is 7.75. The van der Waals surface area contributed by atoms with E-state index in [0.29, 0.717) is 11.2 Å². The van der Waals surface area contributed by atoms with Crippen molar-refractivity contribution in [3.8, 4) is 0 Å². The molecule has 1 amide bonds. The van der Waals surface area contributed by atoms with Gasteiger partial charge in [0.1, 0.15) is 6.33 Å². The summed E-state index contributed by atoms with van der Waals surface area (Å²) in [5, 5.41) is 6.77. The number of nitrogens with one attached hydrogen (secondary N) is 2. The second kappa shape index (κ2) is 5.36. The number of anilines is 1. The van der Waals surface area contributed by atoms with Crippen molar-refractivity contribution in [3.05, 3.63) is 27.7 Å². The van der Waals surface area contributed by atoms with E-state index in [1.165, 1.54) is 29.2 Å². The number of rotatable bonds is 3. The molecule has 2 aromatic rings. The van der Waals surface area contributed by atoms with E-state index in [9.17, 15) is 4.79 Å². The maximum Gasteiger partial charge on any atom is 0.258 e. The third kappa shape index (κ3) is 2.68. The molecule has 2 aromatic heterocycles. The molecule has 1 unspecified atom stereocenters. The normalized spacial score (nSPS) is 18.7. The quantitative estimate of drug-likeness (QED) is 0.913. The number of carbonyl (C=O) groups is 1. The zero-order valence-corrected chi connectivity index (χ0v) is 12.1. The number of hydrogen-bond donors (Lipinski definition) is 2. The molecule has 7 heteroatoms. The lowest BCUT2D eigenvalue weighted by atomic mass is 10.1. The molecule has 3 rings (SSSR count). The van der Waals surface area contributed by atoms with Gasteiger partial charge in [-0.25, -0.2) is 4.98 Å². The zero-order chi connectivity index (χ0) is 13.2. The van der Waals surface area contributed by atoms with Crippen molar-refractivity contribution in [2.45, 2.75) is 25.8 Å². The first-order chi connectivity index (χ1) is 9.24. The summed E-state index contributed by atoms with van der Waals surface area (Å²) in [6.07, 6.45) is 3.79. The van der Waals surface area contributed by atoms with Crippen LogP contribution < -0.4 is 10.6 Å². The average molecular weight is 294 g/mol. The van der Waals surface area contributed by atoms with E-state index in [0.717, 1.165) is 23.4 Å². The number of carbonyl (C=O) groups excluding carboxylic acids is 1. The molecule has 1 saturated heterocycles. The second-order valence-corrected chi connectivity index (χ2v) is 6.54. The van der Waals surface area contributed by atoms with Crippen LogP contribution in [0.1, 0.15) is 39.0 Å². The fraction of sp³-hybridized carbons (Fsp3) is 0.417. The first kappa shape index (κ1) is 12.7. The van der Waals surface area contributed by atoms with Gasteiger partial charge in [-0.15, -0.1) is 11.3 Å². The molecule has 19 heavy (non-hydrogen) atoms. The summed E-state index contributed by atoms with van der Waals surface area (Å²) in [4.78, 5) is 18.4. The predicted molar refractivity (Wildman–Crippen MR) is 76.9 cm³/mol. The molecule has 2 N–H and O–H groups in total. The minimum absolute atomic E-state index is 0.102. The van der Waals surface area contributed by atoms with E-state index in [4.69, 9.17) is 0 Å². The molecule has 1 aliphatic heterocycles. The number of hydrogen-bond acceptors (Lipinski definition) is 6. The molecule has 3 heterocycles. The molecule has 0 radical (unpaired) electrons. The fourth-order valence-corrected chi connectivity index (χ4v) is 3.78.